The lowest BCUT2D eigenvalue weighted by Gasteiger charge is -2.26. The summed E-state index contributed by atoms with van der Waals surface area (Å²) in [5.41, 5.74) is -0.905. The number of hydrogen-bond acceptors (Lipinski definition) is 4. The Hall–Kier alpha value is -1.26. The fourth-order valence-electron chi connectivity index (χ4n) is 3.10. The minimum Gasteiger partial charge on any atom is -0.314 e. The highest BCUT2D eigenvalue weighted by molar-refractivity contribution is 8.16. The van der Waals surface area contributed by atoms with Gasteiger partial charge in [0, 0.05) is 11.2 Å². The summed E-state index contributed by atoms with van der Waals surface area (Å²) < 4.78 is 63.7. The third-order valence-electron chi connectivity index (χ3n) is 4.84. The molecular weight excluding hydrogens is 437 g/mol. The van der Waals surface area contributed by atoms with E-state index in [1.165, 1.54) is 4.90 Å². The lowest BCUT2D eigenvalue weighted by atomic mass is 10.1. The van der Waals surface area contributed by atoms with Gasteiger partial charge < -0.3 is 4.90 Å². The number of thioether (sulfide) groups is 1. The van der Waals surface area contributed by atoms with Gasteiger partial charge in [-0.1, -0.05) is 37.2 Å². The molecule has 5 nitrogen and oxygen atoms in total. The summed E-state index contributed by atoms with van der Waals surface area (Å²) in [5.74, 6) is -1.10. The minimum absolute atomic E-state index is 0.00398. The van der Waals surface area contributed by atoms with Gasteiger partial charge in [-0.05, 0) is 24.6 Å². The summed E-state index contributed by atoms with van der Waals surface area (Å²) in [6, 6.07) is 2.23. The Bertz CT molecular complexity index is 934. The van der Waals surface area contributed by atoms with Crippen LogP contribution in [0.3, 0.4) is 0 Å². The van der Waals surface area contributed by atoms with Gasteiger partial charge in [-0.15, -0.1) is 0 Å². The second-order valence-electron chi connectivity index (χ2n) is 6.88. The average Bonchev–Trinajstić information content (AvgIpc) is 3.04. The third-order valence-corrected chi connectivity index (χ3v) is 8.37. The van der Waals surface area contributed by atoms with Gasteiger partial charge in [-0.25, -0.2) is 8.42 Å². The Morgan fingerprint density at radius 1 is 1.39 bits per heavy atom. The van der Waals surface area contributed by atoms with Crippen molar-refractivity contribution in [3.63, 3.8) is 0 Å². The number of fused-ring (bicyclic) bond motifs is 1. The maximum absolute atomic E-state index is 13.2. The van der Waals surface area contributed by atoms with Crippen LogP contribution in [0.15, 0.2) is 23.2 Å². The summed E-state index contributed by atoms with van der Waals surface area (Å²) in [7, 11) is -3.34. The highest BCUT2D eigenvalue weighted by Gasteiger charge is 2.50. The molecule has 0 saturated carbocycles. The van der Waals surface area contributed by atoms with Crippen molar-refractivity contribution in [3.05, 3.63) is 28.8 Å². The van der Waals surface area contributed by atoms with Crippen molar-refractivity contribution in [2.45, 2.75) is 37.7 Å². The van der Waals surface area contributed by atoms with E-state index in [2.05, 4.69) is 4.99 Å². The quantitative estimate of drug-likeness (QED) is 0.690. The van der Waals surface area contributed by atoms with Crippen LogP contribution >= 0.6 is 23.4 Å². The Morgan fingerprint density at radius 2 is 2.07 bits per heavy atom. The second kappa shape index (κ2) is 7.53. The number of carbonyl (C=O) groups excluding carboxylic acids is 1. The first kappa shape index (κ1) is 21.4. The number of carbonyl (C=O) groups is 1. The first-order chi connectivity index (χ1) is 12.9. The molecular formula is C17H18ClF3N2O3S2. The van der Waals surface area contributed by atoms with Crippen molar-refractivity contribution < 1.29 is 26.4 Å². The van der Waals surface area contributed by atoms with Crippen molar-refractivity contribution in [1.82, 2.24) is 0 Å². The van der Waals surface area contributed by atoms with Gasteiger partial charge >= 0.3 is 6.18 Å². The molecule has 0 spiro atoms. The van der Waals surface area contributed by atoms with Gasteiger partial charge in [0.25, 0.3) is 5.91 Å². The molecule has 3 rings (SSSR count). The molecule has 2 aliphatic heterocycles. The zero-order chi connectivity index (χ0) is 20.9. The predicted molar refractivity (Wildman–Crippen MR) is 105 cm³/mol. The van der Waals surface area contributed by atoms with Gasteiger partial charge in [0.1, 0.15) is 0 Å². The van der Waals surface area contributed by atoms with E-state index in [0.29, 0.717) is 6.42 Å². The normalized spacial score (nSPS) is 26.5. The Kier molecular flexibility index (Phi) is 5.77. The maximum atomic E-state index is 13.2. The van der Waals surface area contributed by atoms with Crippen LogP contribution in [0.5, 0.6) is 0 Å². The lowest BCUT2D eigenvalue weighted by Crippen LogP contribution is -2.38. The van der Waals surface area contributed by atoms with Crippen LogP contribution in [0.25, 0.3) is 0 Å². The summed E-state index contributed by atoms with van der Waals surface area (Å²) >= 11 is 7.27. The molecule has 0 unspecified atom stereocenters. The summed E-state index contributed by atoms with van der Waals surface area (Å²) in [6.07, 6.45) is -4.02. The standard InChI is InChI=1S/C17H18ClF3N2O3S2/c1-3-9(2)15(24)22-16-23(13-7-28(25,26)8-14(13)27-16)12-6-10(17(19,20)21)4-5-11(12)18/h4-6,9,13-14H,3,7-8H2,1-2H3/t9-,13-,14-/m0/s1. The summed E-state index contributed by atoms with van der Waals surface area (Å²) in [5, 5.41) is -0.197. The van der Waals surface area contributed by atoms with Crippen LogP contribution in [-0.2, 0) is 20.8 Å². The SMILES string of the molecule is CC[C@H](C)C(=O)N=C1S[C@H]2CS(=O)(=O)C[C@@H]2N1c1cc(C(F)(F)F)ccc1Cl. The molecule has 0 aliphatic carbocycles. The molecule has 154 valence electrons. The van der Waals surface area contributed by atoms with Crippen LogP contribution in [-0.4, -0.2) is 42.3 Å². The molecule has 0 aromatic heterocycles. The van der Waals surface area contributed by atoms with E-state index in [0.717, 1.165) is 30.0 Å². The molecule has 3 atom stereocenters. The molecule has 2 fully saturated rings. The number of sulfone groups is 1. The van der Waals surface area contributed by atoms with Crippen molar-refractivity contribution in [1.29, 1.82) is 0 Å². The number of anilines is 1. The van der Waals surface area contributed by atoms with Crippen LogP contribution < -0.4 is 4.90 Å². The molecule has 2 aliphatic rings. The van der Waals surface area contributed by atoms with Crippen LogP contribution in [0.4, 0.5) is 18.9 Å². The summed E-state index contributed by atoms with van der Waals surface area (Å²) in [6.45, 7) is 3.53. The summed E-state index contributed by atoms with van der Waals surface area (Å²) in [4.78, 5) is 17.8. The molecule has 2 saturated heterocycles. The van der Waals surface area contributed by atoms with Crippen LogP contribution in [0, 0.1) is 5.92 Å². The zero-order valence-electron chi connectivity index (χ0n) is 15.0. The van der Waals surface area contributed by atoms with Crippen LogP contribution in [0.1, 0.15) is 25.8 Å². The van der Waals surface area contributed by atoms with Crippen molar-refractivity contribution in [2.75, 3.05) is 16.4 Å². The number of aliphatic imine (C=N–C) groups is 1. The second-order valence-corrected chi connectivity index (χ2v) is 10.6. The number of nitrogens with zero attached hydrogens (tertiary/aromatic N) is 2. The first-order valence-electron chi connectivity index (χ1n) is 8.58. The molecule has 28 heavy (non-hydrogen) atoms. The van der Waals surface area contributed by atoms with Crippen molar-refractivity contribution in [3.8, 4) is 0 Å². The number of rotatable bonds is 3. The third kappa shape index (κ3) is 4.18. The van der Waals surface area contributed by atoms with Gasteiger partial charge in [0.2, 0.25) is 0 Å². The fraction of sp³-hybridized carbons (Fsp3) is 0.529. The van der Waals surface area contributed by atoms with Crippen LogP contribution in [0.2, 0.25) is 5.02 Å². The monoisotopic (exact) mass is 454 g/mol. The molecule has 0 radical (unpaired) electrons. The molecule has 0 bridgehead atoms. The first-order valence-corrected chi connectivity index (χ1v) is 11.7. The van der Waals surface area contributed by atoms with E-state index in [9.17, 15) is 26.4 Å². The minimum atomic E-state index is -4.59. The molecule has 2 heterocycles. The van der Waals surface area contributed by atoms with Gasteiger partial charge in [0.05, 0.1) is 33.8 Å². The number of halogens is 4. The van der Waals surface area contributed by atoms with Crippen molar-refractivity contribution in [2.24, 2.45) is 10.9 Å². The fourth-order valence-corrected chi connectivity index (χ4v) is 7.22. The van der Waals surface area contributed by atoms with Gasteiger partial charge in [-0.2, -0.15) is 18.2 Å². The number of alkyl halides is 3. The molecule has 1 aromatic rings. The number of amidine groups is 1. The number of amides is 1. The zero-order valence-corrected chi connectivity index (χ0v) is 17.4. The molecule has 0 N–H and O–H groups in total. The highest BCUT2D eigenvalue weighted by Crippen LogP contribution is 2.44. The Labute approximate surface area is 170 Å². The van der Waals surface area contributed by atoms with Crippen molar-refractivity contribution >= 4 is 50.0 Å². The molecule has 11 heteroatoms. The van der Waals surface area contributed by atoms with Gasteiger partial charge in [-0.3, -0.25) is 4.79 Å². The van der Waals surface area contributed by atoms with Gasteiger partial charge in [0.15, 0.2) is 15.0 Å². The van der Waals surface area contributed by atoms with E-state index < -0.39 is 38.8 Å². The molecule has 1 aromatic carbocycles. The van der Waals surface area contributed by atoms with E-state index >= 15 is 0 Å². The topological polar surface area (TPSA) is 66.8 Å². The smallest absolute Gasteiger partial charge is 0.314 e. The predicted octanol–water partition coefficient (Wildman–Crippen LogP) is 4.01. The maximum Gasteiger partial charge on any atom is 0.416 e. The van der Waals surface area contributed by atoms with E-state index in [-0.39, 0.29) is 33.3 Å². The highest BCUT2D eigenvalue weighted by atomic mass is 35.5. The molecule has 1 amide bonds. The lowest BCUT2D eigenvalue weighted by molar-refractivity contribution is -0.137. The Balaban J connectivity index is 2.10. The average molecular weight is 455 g/mol. The number of hydrogen-bond donors (Lipinski definition) is 0. The number of benzene rings is 1. The van der Waals surface area contributed by atoms with E-state index in [4.69, 9.17) is 11.6 Å². The van der Waals surface area contributed by atoms with E-state index in [1.54, 1.807) is 6.92 Å². The largest absolute Gasteiger partial charge is 0.416 e. The van der Waals surface area contributed by atoms with E-state index in [1.807, 2.05) is 6.92 Å². The Morgan fingerprint density at radius 3 is 2.68 bits per heavy atom.